The Hall–Kier alpha value is -7.70. The van der Waals surface area contributed by atoms with Crippen LogP contribution in [0.2, 0.25) is 0 Å². The van der Waals surface area contributed by atoms with Crippen molar-refractivity contribution in [3.63, 3.8) is 0 Å². The summed E-state index contributed by atoms with van der Waals surface area (Å²) in [5.74, 6) is 0.115. The van der Waals surface area contributed by atoms with Crippen molar-refractivity contribution in [1.29, 1.82) is 0 Å². The minimum Gasteiger partial charge on any atom is -0.423 e. The van der Waals surface area contributed by atoms with Crippen LogP contribution in [0.5, 0.6) is 11.5 Å². The average Bonchev–Trinajstić information content (AvgIpc) is 3.28. The second-order valence-corrected chi connectivity index (χ2v) is 14.4. The molecule has 0 N–H and O–H groups in total. The van der Waals surface area contributed by atoms with Crippen molar-refractivity contribution in [2.24, 2.45) is 0 Å². The number of esters is 2. The van der Waals surface area contributed by atoms with Crippen molar-refractivity contribution in [3.05, 3.63) is 212 Å². The number of hydrogen-bond donors (Lipinski definition) is 0. The summed E-state index contributed by atoms with van der Waals surface area (Å²) in [6, 6.07) is 57.2. The van der Waals surface area contributed by atoms with Gasteiger partial charge < -0.3 is 19.3 Å². The van der Waals surface area contributed by atoms with Gasteiger partial charge in [-0.3, -0.25) is 0 Å². The predicted molar refractivity (Wildman–Crippen MR) is 248 cm³/mol. The van der Waals surface area contributed by atoms with Crippen molar-refractivity contribution in [1.82, 2.24) is 0 Å². The third kappa shape index (κ3) is 8.74. The van der Waals surface area contributed by atoms with E-state index in [4.69, 9.17) is 9.47 Å². The van der Waals surface area contributed by atoms with Crippen LogP contribution >= 0.6 is 0 Å². The lowest BCUT2D eigenvalue weighted by molar-refractivity contribution is -0.129. The number of carbonyl (C=O) groups excluding carboxylic acids is 2. The summed E-state index contributed by atoms with van der Waals surface area (Å²) in [6.07, 6.45) is 2.35. The smallest absolute Gasteiger partial charge is 0.335 e. The SMILES string of the molecule is C=CC(=O)Oc1cccc2c(N(C)c3ccccc3)cccc12.C=CC(=O)Oc1cccc2c(N(c3ccccc3)c3ccc(-c4ccc(C)c(C)c4)cc3C)cccc12. The summed E-state index contributed by atoms with van der Waals surface area (Å²) in [6.45, 7) is 13.4. The first-order chi connectivity index (χ1) is 29.2. The first-order valence-corrected chi connectivity index (χ1v) is 19.7. The van der Waals surface area contributed by atoms with E-state index in [1.807, 2.05) is 92.0 Å². The number of ether oxygens (including phenoxy) is 2. The summed E-state index contributed by atoms with van der Waals surface area (Å²) in [4.78, 5) is 27.9. The van der Waals surface area contributed by atoms with Crippen LogP contribution in [-0.4, -0.2) is 19.0 Å². The van der Waals surface area contributed by atoms with E-state index in [-0.39, 0.29) is 0 Å². The number of carbonyl (C=O) groups is 2. The molecule has 0 saturated heterocycles. The summed E-state index contributed by atoms with van der Waals surface area (Å²) in [5.41, 5.74) is 11.4. The van der Waals surface area contributed by atoms with E-state index in [1.54, 1.807) is 6.07 Å². The molecular formula is C54H46N2O4. The fourth-order valence-electron chi connectivity index (χ4n) is 7.28. The van der Waals surface area contributed by atoms with Gasteiger partial charge in [0.1, 0.15) is 11.5 Å². The third-order valence-corrected chi connectivity index (χ3v) is 10.5. The fraction of sp³-hybridized carbons (Fsp3) is 0.0741. The molecule has 6 nitrogen and oxygen atoms in total. The van der Waals surface area contributed by atoms with Gasteiger partial charge in [0.25, 0.3) is 0 Å². The third-order valence-electron chi connectivity index (χ3n) is 10.5. The summed E-state index contributed by atoms with van der Waals surface area (Å²) in [7, 11) is 2.02. The highest BCUT2D eigenvalue weighted by atomic mass is 16.5. The molecule has 0 aliphatic carbocycles. The summed E-state index contributed by atoms with van der Waals surface area (Å²) in [5, 5.41) is 3.76. The second-order valence-electron chi connectivity index (χ2n) is 14.4. The van der Waals surface area contributed by atoms with E-state index in [2.05, 4.69) is 123 Å². The first kappa shape index (κ1) is 40.5. The highest BCUT2D eigenvalue weighted by Gasteiger charge is 2.19. The topological polar surface area (TPSA) is 59.1 Å². The highest BCUT2D eigenvalue weighted by molar-refractivity contribution is 6.03. The quantitative estimate of drug-likeness (QED) is 0.0782. The molecule has 8 aromatic carbocycles. The molecule has 0 amide bonds. The van der Waals surface area contributed by atoms with Gasteiger partial charge in [0.05, 0.1) is 5.69 Å². The number of rotatable bonds is 10. The minimum atomic E-state index is -0.476. The average molecular weight is 787 g/mol. The number of aryl methyl sites for hydroxylation is 3. The van der Waals surface area contributed by atoms with Crippen LogP contribution < -0.4 is 19.3 Å². The van der Waals surface area contributed by atoms with Crippen LogP contribution in [0.3, 0.4) is 0 Å². The Bertz CT molecular complexity index is 2850. The maximum atomic E-state index is 12.0. The van der Waals surface area contributed by atoms with E-state index in [0.717, 1.165) is 55.5 Å². The molecule has 0 spiro atoms. The Balaban J connectivity index is 0.000000203. The van der Waals surface area contributed by atoms with Gasteiger partial charge in [-0.1, -0.05) is 122 Å². The Morgan fingerprint density at radius 2 is 0.917 bits per heavy atom. The molecule has 6 heteroatoms. The van der Waals surface area contributed by atoms with Crippen LogP contribution in [0, 0.1) is 20.8 Å². The Morgan fingerprint density at radius 1 is 0.450 bits per heavy atom. The van der Waals surface area contributed by atoms with E-state index in [1.165, 1.54) is 34.4 Å². The number of benzene rings is 8. The molecule has 0 unspecified atom stereocenters. The van der Waals surface area contributed by atoms with E-state index >= 15 is 0 Å². The molecule has 8 aromatic rings. The molecule has 296 valence electrons. The van der Waals surface area contributed by atoms with Crippen molar-refractivity contribution < 1.29 is 19.1 Å². The number of anilines is 5. The zero-order chi connectivity index (χ0) is 42.2. The lowest BCUT2D eigenvalue weighted by atomic mass is 9.98. The molecule has 0 atom stereocenters. The van der Waals surface area contributed by atoms with Gasteiger partial charge in [-0.15, -0.1) is 0 Å². The monoisotopic (exact) mass is 786 g/mol. The van der Waals surface area contributed by atoms with E-state index < -0.39 is 11.9 Å². The van der Waals surface area contributed by atoms with Gasteiger partial charge in [0, 0.05) is 63.5 Å². The number of nitrogens with zero attached hydrogens (tertiary/aromatic N) is 2. The standard InChI is InChI=1S/C34H29NO2.C20H17NO2/c1-5-34(36)37-33-16-10-13-29-30(33)14-9-15-32(29)35(28-11-7-6-8-12-28)31-20-19-27(22-25(31)4)26-18-17-23(2)24(3)21-26;1-3-20(22)23-19-14-8-11-16-17(19)12-7-13-18(16)21(2)15-9-5-4-6-10-15/h5-22H,1H2,2-4H3;3-14H,1H2,2H3. The van der Waals surface area contributed by atoms with Crippen LogP contribution in [0.4, 0.5) is 28.4 Å². The zero-order valence-electron chi connectivity index (χ0n) is 34.3. The van der Waals surface area contributed by atoms with Crippen molar-refractivity contribution in [2.45, 2.75) is 20.8 Å². The molecule has 0 heterocycles. The molecule has 0 aliphatic rings. The molecule has 8 rings (SSSR count). The van der Waals surface area contributed by atoms with Crippen LogP contribution in [0.1, 0.15) is 16.7 Å². The maximum Gasteiger partial charge on any atom is 0.335 e. The molecule has 0 fully saturated rings. The largest absolute Gasteiger partial charge is 0.423 e. The van der Waals surface area contributed by atoms with Crippen molar-refractivity contribution in [2.75, 3.05) is 16.8 Å². The molecule has 0 aliphatic heterocycles. The van der Waals surface area contributed by atoms with Gasteiger partial charge in [0.2, 0.25) is 0 Å². The maximum absolute atomic E-state index is 12.0. The minimum absolute atomic E-state index is 0.459. The molecule has 60 heavy (non-hydrogen) atoms. The molecule has 0 bridgehead atoms. The zero-order valence-corrected chi connectivity index (χ0v) is 34.3. The van der Waals surface area contributed by atoms with Crippen LogP contribution in [0.25, 0.3) is 32.7 Å². The van der Waals surface area contributed by atoms with Crippen LogP contribution in [-0.2, 0) is 9.59 Å². The Labute approximate surface area is 351 Å². The first-order valence-electron chi connectivity index (χ1n) is 19.7. The Kier molecular flexibility index (Phi) is 12.3. The van der Waals surface area contributed by atoms with Crippen molar-refractivity contribution in [3.8, 4) is 22.6 Å². The molecule has 0 saturated carbocycles. The number of para-hydroxylation sites is 2. The van der Waals surface area contributed by atoms with Gasteiger partial charge in [-0.2, -0.15) is 0 Å². The van der Waals surface area contributed by atoms with E-state index in [0.29, 0.717) is 11.5 Å². The molecule has 0 radical (unpaired) electrons. The lowest BCUT2D eigenvalue weighted by Gasteiger charge is -2.28. The van der Waals surface area contributed by atoms with Gasteiger partial charge >= 0.3 is 11.9 Å². The van der Waals surface area contributed by atoms with E-state index in [9.17, 15) is 9.59 Å². The predicted octanol–water partition coefficient (Wildman–Crippen LogP) is 13.7. The summed E-state index contributed by atoms with van der Waals surface area (Å²) < 4.78 is 10.9. The highest BCUT2D eigenvalue weighted by Crippen LogP contribution is 2.43. The Morgan fingerprint density at radius 3 is 1.45 bits per heavy atom. The normalized spacial score (nSPS) is 10.6. The molecular weight excluding hydrogens is 741 g/mol. The van der Waals surface area contributed by atoms with Crippen LogP contribution in [0.15, 0.2) is 195 Å². The summed E-state index contributed by atoms with van der Waals surface area (Å²) >= 11 is 0. The van der Waals surface area contributed by atoms with Gasteiger partial charge in [-0.25, -0.2) is 9.59 Å². The lowest BCUT2D eigenvalue weighted by Crippen LogP contribution is -2.12. The van der Waals surface area contributed by atoms with Crippen molar-refractivity contribution >= 4 is 61.9 Å². The molecule has 0 aromatic heterocycles. The van der Waals surface area contributed by atoms with Gasteiger partial charge in [0.15, 0.2) is 0 Å². The fourth-order valence-corrected chi connectivity index (χ4v) is 7.28. The second kappa shape index (κ2) is 18.3. The number of fused-ring (bicyclic) bond motifs is 2. The number of hydrogen-bond acceptors (Lipinski definition) is 6. The van der Waals surface area contributed by atoms with Gasteiger partial charge in [-0.05, 0) is 109 Å².